The molecular weight excluding hydrogens is 104 g/mol. The van der Waals surface area contributed by atoms with E-state index < -0.39 is 0 Å². The summed E-state index contributed by atoms with van der Waals surface area (Å²) in [5.41, 5.74) is 5.16. The molecule has 3 nitrogen and oxygen atoms in total. The van der Waals surface area contributed by atoms with E-state index in [4.69, 9.17) is 10.5 Å². The van der Waals surface area contributed by atoms with Crippen molar-refractivity contribution in [3.8, 4) is 0 Å². The lowest BCUT2D eigenvalue weighted by Crippen LogP contribution is -2.10. The van der Waals surface area contributed by atoms with Crippen LogP contribution in [-0.2, 0) is 4.74 Å². The highest BCUT2D eigenvalue weighted by Crippen LogP contribution is 1.77. The van der Waals surface area contributed by atoms with E-state index in [0.717, 1.165) is 6.54 Å². The van der Waals surface area contributed by atoms with Crippen LogP contribution < -0.4 is 5.73 Å². The Morgan fingerprint density at radius 2 is 2.25 bits per heavy atom. The van der Waals surface area contributed by atoms with Crippen LogP contribution in [0.15, 0.2) is 0 Å². The molecule has 0 atom stereocenters. The first-order valence-corrected chi connectivity index (χ1v) is 2.75. The van der Waals surface area contributed by atoms with Crippen molar-refractivity contribution in [2.45, 2.75) is 0 Å². The number of ether oxygens (including phenoxy) is 1. The van der Waals surface area contributed by atoms with Crippen molar-refractivity contribution in [1.82, 2.24) is 0 Å². The standard InChI is InChI=1S/C5H13N2O/c1-7-3-5-8-4-2-6/h2-6H2,1H3/q-1. The van der Waals surface area contributed by atoms with Gasteiger partial charge in [-0.3, -0.25) is 0 Å². The highest BCUT2D eigenvalue weighted by molar-refractivity contribution is 4.67. The first kappa shape index (κ1) is 7.88. The molecule has 0 saturated heterocycles. The van der Waals surface area contributed by atoms with E-state index in [1.165, 1.54) is 0 Å². The van der Waals surface area contributed by atoms with Crippen molar-refractivity contribution in [3.63, 3.8) is 0 Å². The van der Waals surface area contributed by atoms with Gasteiger partial charge in [0.05, 0.1) is 6.61 Å². The normalized spacial score (nSPS) is 9.75. The van der Waals surface area contributed by atoms with Crippen LogP contribution in [0.1, 0.15) is 0 Å². The smallest absolute Gasteiger partial charge is 0.0587 e. The van der Waals surface area contributed by atoms with Crippen LogP contribution in [0.3, 0.4) is 0 Å². The Hall–Kier alpha value is -0.120. The minimum atomic E-state index is 0.601. The molecule has 0 aliphatic rings. The molecule has 50 valence electrons. The quantitative estimate of drug-likeness (QED) is 0.514. The van der Waals surface area contributed by atoms with E-state index in [2.05, 4.69) is 5.32 Å². The van der Waals surface area contributed by atoms with Gasteiger partial charge in [-0.2, -0.15) is 7.05 Å². The predicted octanol–water partition coefficient (Wildman–Crippen LogP) is -0.0348. The molecule has 0 heterocycles. The third-order valence-electron chi connectivity index (χ3n) is 0.721. The molecule has 8 heavy (non-hydrogen) atoms. The maximum atomic E-state index is 5.16. The van der Waals surface area contributed by atoms with Gasteiger partial charge in [-0.1, -0.05) is 0 Å². The van der Waals surface area contributed by atoms with Crippen molar-refractivity contribution in [3.05, 3.63) is 5.32 Å². The zero-order chi connectivity index (χ0) is 6.24. The number of rotatable bonds is 5. The molecular formula is C5H13N2O-. The zero-order valence-electron chi connectivity index (χ0n) is 5.26. The van der Waals surface area contributed by atoms with Crippen molar-refractivity contribution >= 4 is 0 Å². The van der Waals surface area contributed by atoms with E-state index in [1.54, 1.807) is 7.05 Å². The minimum absolute atomic E-state index is 0.601. The van der Waals surface area contributed by atoms with E-state index >= 15 is 0 Å². The second kappa shape index (κ2) is 6.88. The molecule has 0 spiro atoms. The van der Waals surface area contributed by atoms with Crippen LogP contribution in [0, 0.1) is 0 Å². The summed E-state index contributed by atoms with van der Waals surface area (Å²) in [5.74, 6) is 0. The SMILES string of the molecule is C[N-]CCOCCN. The maximum Gasteiger partial charge on any atom is 0.0587 e. The lowest BCUT2D eigenvalue weighted by molar-refractivity contribution is 0.153. The summed E-state index contributed by atoms with van der Waals surface area (Å²) in [4.78, 5) is 0. The maximum absolute atomic E-state index is 5.16. The number of hydrogen-bond acceptors (Lipinski definition) is 2. The summed E-state index contributed by atoms with van der Waals surface area (Å²) >= 11 is 0. The molecule has 0 rings (SSSR count). The second-order valence-electron chi connectivity index (χ2n) is 1.44. The van der Waals surface area contributed by atoms with E-state index in [0.29, 0.717) is 19.8 Å². The first-order valence-electron chi connectivity index (χ1n) is 2.75. The molecule has 0 aromatic carbocycles. The van der Waals surface area contributed by atoms with Gasteiger partial charge in [-0.15, -0.1) is 6.54 Å². The molecule has 0 radical (unpaired) electrons. The summed E-state index contributed by atoms with van der Waals surface area (Å²) in [6, 6.07) is 0. The van der Waals surface area contributed by atoms with Gasteiger partial charge in [0.2, 0.25) is 0 Å². The third-order valence-corrected chi connectivity index (χ3v) is 0.721. The fourth-order valence-electron chi connectivity index (χ4n) is 0.341. The highest BCUT2D eigenvalue weighted by Gasteiger charge is 1.76. The largest absolute Gasteiger partial charge is 0.663 e. The Bertz CT molecular complexity index is 35.4. The van der Waals surface area contributed by atoms with Gasteiger partial charge in [0.25, 0.3) is 0 Å². The van der Waals surface area contributed by atoms with Gasteiger partial charge in [-0.05, 0) is 0 Å². The molecule has 0 aliphatic heterocycles. The van der Waals surface area contributed by atoms with Gasteiger partial charge >= 0.3 is 0 Å². The van der Waals surface area contributed by atoms with E-state index in [-0.39, 0.29) is 0 Å². The number of nitrogens with two attached hydrogens (primary N) is 1. The fraction of sp³-hybridized carbons (Fsp3) is 1.00. The van der Waals surface area contributed by atoms with Gasteiger partial charge in [0.15, 0.2) is 0 Å². The van der Waals surface area contributed by atoms with Crippen molar-refractivity contribution in [2.75, 3.05) is 33.4 Å². The van der Waals surface area contributed by atoms with Crippen LogP contribution in [0.2, 0.25) is 0 Å². The summed E-state index contributed by atoms with van der Waals surface area (Å²) in [6.45, 7) is 2.73. The molecule has 0 fully saturated rings. The molecule has 0 saturated carbocycles. The number of hydrogen-bond donors (Lipinski definition) is 1. The van der Waals surface area contributed by atoms with Crippen LogP contribution >= 0.6 is 0 Å². The Morgan fingerprint density at radius 1 is 1.50 bits per heavy atom. The van der Waals surface area contributed by atoms with Gasteiger partial charge in [0, 0.05) is 13.2 Å². The molecule has 0 bridgehead atoms. The molecule has 0 aromatic rings. The van der Waals surface area contributed by atoms with Crippen molar-refractivity contribution < 1.29 is 4.74 Å². The van der Waals surface area contributed by atoms with Crippen molar-refractivity contribution in [2.24, 2.45) is 5.73 Å². The molecule has 0 aliphatic carbocycles. The summed E-state index contributed by atoms with van der Waals surface area (Å²) in [6.07, 6.45) is 0. The molecule has 3 heteroatoms. The lowest BCUT2D eigenvalue weighted by Gasteiger charge is -2.09. The lowest BCUT2D eigenvalue weighted by atomic mass is 10.7. The van der Waals surface area contributed by atoms with Crippen LogP contribution in [-0.4, -0.2) is 33.4 Å². The zero-order valence-corrected chi connectivity index (χ0v) is 5.26. The number of likely N-dealkylation sites (N-methyl/N-ethyl adjacent to an activating group) is 1. The van der Waals surface area contributed by atoms with E-state index in [9.17, 15) is 0 Å². The molecule has 0 aromatic heterocycles. The van der Waals surface area contributed by atoms with Crippen LogP contribution in [0.5, 0.6) is 0 Å². The second-order valence-corrected chi connectivity index (χ2v) is 1.44. The minimum Gasteiger partial charge on any atom is -0.663 e. The van der Waals surface area contributed by atoms with Crippen molar-refractivity contribution in [1.29, 1.82) is 0 Å². The average molecular weight is 117 g/mol. The third kappa shape index (κ3) is 5.88. The average Bonchev–Trinajstić information content (AvgIpc) is 1.81. The summed E-state index contributed by atoms with van der Waals surface area (Å²) in [7, 11) is 1.77. The summed E-state index contributed by atoms with van der Waals surface area (Å²) in [5, 5.41) is 3.84. The topological polar surface area (TPSA) is 49.4 Å². The fourth-order valence-corrected chi connectivity index (χ4v) is 0.341. The molecule has 2 N–H and O–H groups in total. The summed E-state index contributed by atoms with van der Waals surface area (Å²) < 4.78 is 5.00. The first-order chi connectivity index (χ1) is 3.91. The van der Waals surface area contributed by atoms with Gasteiger partial charge in [0.1, 0.15) is 0 Å². The Balaban J connectivity index is 2.53. The highest BCUT2D eigenvalue weighted by atomic mass is 16.5. The van der Waals surface area contributed by atoms with Crippen LogP contribution in [0.4, 0.5) is 0 Å². The molecule has 0 amide bonds. The Morgan fingerprint density at radius 3 is 2.75 bits per heavy atom. The predicted molar refractivity (Wildman–Crippen MR) is 34.0 cm³/mol. The van der Waals surface area contributed by atoms with E-state index in [1.807, 2.05) is 0 Å². The monoisotopic (exact) mass is 117 g/mol. The molecule has 0 unspecified atom stereocenters. The van der Waals surface area contributed by atoms with Gasteiger partial charge < -0.3 is 15.8 Å². The Labute approximate surface area is 50.2 Å². The van der Waals surface area contributed by atoms with Crippen LogP contribution in [0.25, 0.3) is 5.32 Å². The van der Waals surface area contributed by atoms with Gasteiger partial charge in [-0.25, -0.2) is 0 Å². The Kier molecular flexibility index (Phi) is 6.78. The number of nitrogens with zero attached hydrogens (tertiary/aromatic N) is 1.